The summed E-state index contributed by atoms with van der Waals surface area (Å²) in [6, 6.07) is -0.0393. The Balaban J connectivity index is 2.02. The number of hydrogen-bond acceptors (Lipinski definition) is 3. The second-order valence-electron chi connectivity index (χ2n) is 5.42. The summed E-state index contributed by atoms with van der Waals surface area (Å²) in [6.07, 6.45) is 6.48. The van der Waals surface area contributed by atoms with E-state index in [4.69, 9.17) is 5.73 Å². The van der Waals surface area contributed by atoms with Crippen LogP contribution in [0.1, 0.15) is 37.5 Å². The lowest BCUT2D eigenvalue weighted by atomic mass is 9.87. The molecule has 2 heterocycles. The number of rotatable bonds is 3. The molecule has 2 aliphatic rings. The van der Waals surface area contributed by atoms with Crippen LogP contribution in [0.15, 0.2) is 12.4 Å². The van der Waals surface area contributed by atoms with Crippen LogP contribution in [0.2, 0.25) is 0 Å². The average Bonchev–Trinajstić information content (AvgIpc) is 3.10. The fourth-order valence-corrected chi connectivity index (χ4v) is 2.96. The van der Waals surface area contributed by atoms with Gasteiger partial charge in [0, 0.05) is 31.9 Å². The lowest BCUT2D eigenvalue weighted by molar-refractivity contribution is -0.143. The minimum absolute atomic E-state index is 0.119. The monoisotopic (exact) mass is 262 g/mol. The zero-order chi connectivity index (χ0) is 13.6. The van der Waals surface area contributed by atoms with Crippen LogP contribution in [0.3, 0.4) is 0 Å². The molecule has 6 nitrogen and oxygen atoms in total. The molecule has 2 fully saturated rings. The first-order valence-corrected chi connectivity index (χ1v) is 6.67. The molecular formula is C13H18N4O2. The van der Waals surface area contributed by atoms with Crippen molar-refractivity contribution in [2.24, 2.45) is 18.7 Å². The van der Waals surface area contributed by atoms with E-state index in [0.717, 1.165) is 18.7 Å². The summed E-state index contributed by atoms with van der Waals surface area (Å²) in [4.78, 5) is 30.1. The quantitative estimate of drug-likeness (QED) is 0.853. The van der Waals surface area contributed by atoms with E-state index in [-0.39, 0.29) is 29.8 Å². The Morgan fingerprint density at radius 1 is 1.42 bits per heavy atom. The Bertz CT molecular complexity index is 520. The summed E-state index contributed by atoms with van der Waals surface area (Å²) >= 11 is 0. The highest BCUT2D eigenvalue weighted by atomic mass is 16.2. The third-order valence-electron chi connectivity index (χ3n) is 4.07. The first-order chi connectivity index (χ1) is 9.09. The van der Waals surface area contributed by atoms with Gasteiger partial charge in [0.15, 0.2) is 0 Å². The lowest BCUT2D eigenvalue weighted by Crippen LogP contribution is -2.48. The number of nitrogens with zero attached hydrogens (tertiary/aromatic N) is 3. The summed E-state index contributed by atoms with van der Waals surface area (Å²) in [5.74, 6) is 0.197. The van der Waals surface area contributed by atoms with Gasteiger partial charge in [0.05, 0.1) is 5.92 Å². The van der Waals surface area contributed by atoms with Crippen molar-refractivity contribution in [1.82, 2.24) is 14.5 Å². The molecule has 6 heteroatoms. The summed E-state index contributed by atoms with van der Waals surface area (Å²) in [7, 11) is 1.88. The maximum atomic E-state index is 12.2. The second kappa shape index (κ2) is 4.36. The number of likely N-dealkylation sites (tertiary alicyclic amines) is 1. The van der Waals surface area contributed by atoms with Crippen molar-refractivity contribution in [1.29, 1.82) is 0 Å². The number of primary amides is 1. The minimum Gasteiger partial charge on any atom is -0.369 e. The van der Waals surface area contributed by atoms with Gasteiger partial charge >= 0.3 is 0 Å². The molecule has 1 saturated carbocycles. The fraction of sp³-hybridized carbons (Fsp3) is 0.615. The Hall–Kier alpha value is -1.85. The summed E-state index contributed by atoms with van der Waals surface area (Å²) < 4.78 is 1.87. The molecule has 1 aliphatic carbocycles. The van der Waals surface area contributed by atoms with Gasteiger partial charge in [-0.2, -0.15) is 0 Å². The van der Waals surface area contributed by atoms with Crippen molar-refractivity contribution in [2.45, 2.75) is 37.8 Å². The molecule has 102 valence electrons. The van der Waals surface area contributed by atoms with E-state index in [0.29, 0.717) is 12.8 Å². The van der Waals surface area contributed by atoms with Crippen LogP contribution < -0.4 is 5.73 Å². The zero-order valence-electron chi connectivity index (χ0n) is 11.0. The van der Waals surface area contributed by atoms with Crippen LogP contribution in [0.5, 0.6) is 0 Å². The maximum Gasteiger partial charge on any atom is 0.223 e. The molecular weight excluding hydrogens is 244 g/mol. The molecule has 19 heavy (non-hydrogen) atoms. The van der Waals surface area contributed by atoms with Crippen LogP contribution >= 0.6 is 0 Å². The smallest absolute Gasteiger partial charge is 0.223 e. The molecule has 0 aromatic carbocycles. The van der Waals surface area contributed by atoms with Gasteiger partial charge in [0.2, 0.25) is 11.8 Å². The molecule has 0 spiro atoms. The van der Waals surface area contributed by atoms with Crippen LogP contribution in [0.4, 0.5) is 0 Å². The van der Waals surface area contributed by atoms with Crippen LogP contribution in [-0.2, 0) is 16.6 Å². The first kappa shape index (κ1) is 12.2. The number of carbonyl (C=O) groups is 2. The van der Waals surface area contributed by atoms with Crippen molar-refractivity contribution >= 4 is 11.8 Å². The van der Waals surface area contributed by atoms with Crippen LogP contribution in [-0.4, -0.2) is 32.3 Å². The topological polar surface area (TPSA) is 81.2 Å². The molecule has 2 atom stereocenters. The number of nitrogens with two attached hydrogens (primary N) is 1. The van der Waals surface area contributed by atoms with E-state index in [1.807, 2.05) is 22.7 Å². The Morgan fingerprint density at radius 2 is 2.16 bits per heavy atom. The number of imidazole rings is 1. The second-order valence-corrected chi connectivity index (χ2v) is 5.42. The fourth-order valence-electron chi connectivity index (χ4n) is 2.96. The highest BCUT2D eigenvalue weighted by molar-refractivity contribution is 5.84. The predicted octanol–water partition coefficient (Wildman–Crippen LogP) is 0.347. The number of aromatic nitrogens is 2. The van der Waals surface area contributed by atoms with E-state index in [1.54, 1.807) is 6.20 Å². The summed E-state index contributed by atoms with van der Waals surface area (Å²) in [5, 5.41) is 0. The number of amides is 2. The first-order valence-electron chi connectivity index (χ1n) is 6.67. The van der Waals surface area contributed by atoms with Crippen molar-refractivity contribution in [3.63, 3.8) is 0 Å². The standard InChI is InChI=1S/C13H18N4O2/c1-16-7-6-15-13(16)11-9(12(14)19)4-5-10(18)17(11)8-2-3-8/h6-9,11H,2-5H2,1H3,(H2,14,19). The number of aryl methyl sites for hydroxylation is 1. The van der Waals surface area contributed by atoms with E-state index in [9.17, 15) is 9.59 Å². The van der Waals surface area contributed by atoms with E-state index < -0.39 is 0 Å². The number of piperidine rings is 1. The van der Waals surface area contributed by atoms with Crippen molar-refractivity contribution < 1.29 is 9.59 Å². The average molecular weight is 262 g/mol. The highest BCUT2D eigenvalue weighted by Gasteiger charge is 2.47. The van der Waals surface area contributed by atoms with Gasteiger partial charge in [0.25, 0.3) is 0 Å². The van der Waals surface area contributed by atoms with Crippen LogP contribution in [0, 0.1) is 5.92 Å². The van der Waals surface area contributed by atoms with Crippen molar-refractivity contribution in [2.75, 3.05) is 0 Å². The minimum atomic E-state index is -0.342. The lowest BCUT2D eigenvalue weighted by Gasteiger charge is -2.39. The van der Waals surface area contributed by atoms with Crippen molar-refractivity contribution in [3.8, 4) is 0 Å². The third kappa shape index (κ3) is 2.01. The van der Waals surface area contributed by atoms with Gasteiger partial charge in [0.1, 0.15) is 11.9 Å². The maximum absolute atomic E-state index is 12.2. The van der Waals surface area contributed by atoms with E-state index >= 15 is 0 Å². The zero-order valence-corrected chi connectivity index (χ0v) is 11.0. The Morgan fingerprint density at radius 3 is 2.68 bits per heavy atom. The number of carbonyl (C=O) groups excluding carboxylic acids is 2. The normalized spacial score (nSPS) is 27.6. The molecule has 1 aromatic rings. The molecule has 0 radical (unpaired) electrons. The molecule has 0 bridgehead atoms. The van der Waals surface area contributed by atoms with Gasteiger partial charge in [-0.05, 0) is 19.3 Å². The SMILES string of the molecule is Cn1ccnc1C1C(C(N)=O)CCC(=O)N1C1CC1. The molecule has 3 rings (SSSR count). The summed E-state index contributed by atoms with van der Waals surface area (Å²) in [5.41, 5.74) is 5.53. The predicted molar refractivity (Wildman–Crippen MR) is 67.7 cm³/mol. The molecule has 2 N–H and O–H groups in total. The molecule has 2 unspecified atom stereocenters. The van der Waals surface area contributed by atoms with Gasteiger partial charge in [-0.25, -0.2) is 4.98 Å². The van der Waals surface area contributed by atoms with Gasteiger partial charge in [-0.1, -0.05) is 0 Å². The van der Waals surface area contributed by atoms with Crippen LogP contribution in [0.25, 0.3) is 0 Å². The highest BCUT2D eigenvalue weighted by Crippen LogP contribution is 2.42. The largest absolute Gasteiger partial charge is 0.369 e. The molecule has 2 amide bonds. The van der Waals surface area contributed by atoms with E-state index in [2.05, 4.69) is 4.98 Å². The van der Waals surface area contributed by atoms with E-state index in [1.165, 1.54) is 0 Å². The Kier molecular flexibility index (Phi) is 2.80. The van der Waals surface area contributed by atoms with Gasteiger partial charge in [-0.15, -0.1) is 0 Å². The Labute approximate surface area is 111 Å². The molecule has 1 aliphatic heterocycles. The van der Waals surface area contributed by atoms with Gasteiger partial charge in [-0.3, -0.25) is 9.59 Å². The van der Waals surface area contributed by atoms with Gasteiger partial charge < -0.3 is 15.2 Å². The molecule has 1 saturated heterocycles. The third-order valence-corrected chi connectivity index (χ3v) is 4.07. The summed E-state index contributed by atoms with van der Waals surface area (Å²) in [6.45, 7) is 0. The number of hydrogen-bond donors (Lipinski definition) is 1. The molecule has 1 aromatic heterocycles. The van der Waals surface area contributed by atoms with Crippen molar-refractivity contribution in [3.05, 3.63) is 18.2 Å².